The van der Waals surface area contributed by atoms with E-state index in [2.05, 4.69) is 5.32 Å². The van der Waals surface area contributed by atoms with Crippen molar-refractivity contribution in [1.82, 2.24) is 5.32 Å². The highest BCUT2D eigenvalue weighted by molar-refractivity contribution is 7.12. The highest BCUT2D eigenvalue weighted by atomic mass is 32.1. The minimum Gasteiger partial charge on any atom is -0.393 e. The van der Waals surface area contributed by atoms with Gasteiger partial charge in [0.2, 0.25) is 0 Å². The molecule has 5 heteroatoms. The van der Waals surface area contributed by atoms with Gasteiger partial charge in [-0.2, -0.15) is 5.26 Å². The number of hydrogen-bond acceptors (Lipinski definition) is 4. The summed E-state index contributed by atoms with van der Waals surface area (Å²) in [5, 5.41) is 22.8. The molecule has 0 aliphatic rings. The summed E-state index contributed by atoms with van der Waals surface area (Å²) in [5.41, 5.74) is 0.235. The van der Waals surface area contributed by atoms with E-state index >= 15 is 0 Å². The molecule has 1 amide bonds. The maximum Gasteiger partial charge on any atom is 0.262 e. The summed E-state index contributed by atoms with van der Waals surface area (Å²) in [4.78, 5) is 12.4. The van der Waals surface area contributed by atoms with E-state index < -0.39 is 6.10 Å². The first kappa shape index (κ1) is 14.7. The zero-order valence-corrected chi connectivity index (χ0v) is 11.7. The van der Waals surface area contributed by atoms with E-state index in [1.165, 1.54) is 11.3 Å². The first-order chi connectivity index (χ1) is 8.35. The number of hydrogen-bond donors (Lipinski definition) is 2. The van der Waals surface area contributed by atoms with Gasteiger partial charge in [0.1, 0.15) is 10.9 Å². The average molecular weight is 266 g/mol. The van der Waals surface area contributed by atoms with Gasteiger partial charge in [-0.25, -0.2) is 0 Å². The second-order valence-electron chi connectivity index (χ2n) is 5.18. The van der Waals surface area contributed by atoms with Crippen LogP contribution in [0.5, 0.6) is 0 Å². The van der Waals surface area contributed by atoms with Crippen molar-refractivity contribution in [1.29, 1.82) is 5.26 Å². The summed E-state index contributed by atoms with van der Waals surface area (Å²) in [6.45, 7) is 6.18. The van der Waals surface area contributed by atoms with Crippen molar-refractivity contribution < 1.29 is 9.90 Å². The lowest BCUT2D eigenvalue weighted by atomic mass is 9.87. The first-order valence-electron chi connectivity index (χ1n) is 5.79. The van der Waals surface area contributed by atoms with Crippen molar-refractivity contribution in [2.24, 2.45) is 5.41 Å². The third-order valence-electron chi connectivity index (χ3n) is 2.57. The Balaban J connectivity index is 2.59. The number of rotatable bonds is 5. The molecule has 0 saturated heterocycles. The predicted octanol–water partition coefficient (Wildman–Crippen LogP) is 2.15. The molecule has 1 unspecified atom stereocenters. The van der Waals surface area contributed by atoms with E-state index in [4.69, 9.17) is 5.26 Å². The van der Waals surface area contributed by atoms with Gasteiger partial charge in [-0.3, -0.25) is 4.79 Å². The summed E-state index contributed by atoms with van der Waals surface area (Å²) in [7, 11) is 0. The minimum atomic E-state index is -0.395. The Morgan fingerprint density at radius 1 is 1.67 bits per heavy atom. The third-order valence-corrected chi connectivity index (χ3v) is 3.48. The van der Waals surface area contributed by atoms with Gasteiger partial charge in [0.15, 0.2) is 0 Å². The molecule has 1 rings (SSSR count). The fourth-order valence-corrected chi connectivity index (χ4v) is 2.60. The number of thiophene rings is 1. The van der Waals surface area contributed by atoms with Crippen LogP contribution in [-0.2, 0) is 0 Å². The van der Waals surface area contributed by atoms with Crippen LogP contribution in [0.2, 0.25) is 0 Å². The van der Waals surface area contributed by atoms with Gasteiger partial charge in [-0.05, 0) is 30.2 Å². The fraction of sp³-hybridized carbons (Fsp3) is 0.538. The second kappa shape index (κ2) is 5.98. The van der Waals surface area contributed by atoms with Gasteiger partial charge in [0.25, 0.3) is 5.91 Å². The normalized spacial score (nSPS) is 12.8. The van der Waals surface area contributed by atoms with E-state index in [0.29, 0.717) is 23.4 Å². The molecular weight excluding hydrogens is 248 g/mol. The van der Waals surface area contributed by atoms with Gasteiger partial charge >= 0.3 is 0 Å². The Labute approximate surface area is 111 Å². The quantitative estimate of drug-likeness (QED) is 0.857. The van der Waals surface area contributed by atoms with E-state index in [-0.39, 0.29) is 11.3 Å². The van der Waals surface area contributed by atoms with Crippen LogP contribution in [0.15, 0.2) is 11.4 Å². The van der Waals surface area contributed by atoms with Crippen LogP contribution in [0.4, 0.5) is 0 Å². The van der Waals surface area contributed by atoms with Crippen molar-refractivity contribution in [2.75, 3.05) is 6.54 Å². The Kier molecular flexibility index (Phi) is 4.88. The Morgan fingerprint density at radius 2 is 2.33 bits per heavy atom. The molecule has 1 aromatic heterocycles. The highest BCUT2D eigenvalue weighted by Crippen LogP contribution is 2.22. The topological polar surface area (TPSA) is 73.1 Å². The molecule has 4 nitrogen and oxygen atoms in total. The number of carbonyl (C=O) groups excluding carboxylic acids is 1. The van der Waals surface area contributed by atoms with Crippen molar-refractivity contribution in [3.63, 3.8) is 0 Å². The maximum atomic E-state index is 11.9. The predicted molar refractivity (Wildman–Crippen MR) is 71.4 cm³/mol. The standard InChI is InChI=1S/C13H18N2O2S/c1-9(16)6-13(2,3)8-15-12(17)11-10(7-14)4-5-18-11/h4-5,9,16H,6,8H2,1-3H3,(H,15,17). The summed E-state index contributed by atoms with van der Waals surface area (Å²) in [5.74, 6) is -0.222. The zero-order chi connectivity index (χ0) is 13.8. The lowest BCUT2D eigenvalue weighted by molar-refractivity contribution is 0.0905. The summed E-state index contributed by atoms with van der Waals surface area (Å²) in [6, 6.07) is 3.63. The molecule has 1 atom stereocenters. The molecule has 18 heavy (non-hydrogen) atoms. The Morgan fingerprint density at radius 3 is 2.89 bits per heavy atom. The molecule has 0 aliphatic heterocycles. The number of nitrogens with zero attached hydrogens (tertiary/aromatic N) is 1. The maximum absolute atomic E-state index is 11.9. The van der Waals surface area contributed by atoms with Crippen LogP contribution >= 0.6 is 11.3 Å². The van der Waals surface area contributed by atoms with Crippen LogP contribution in [0, 0.1) is 16.7 Å². The first-order valence-corrected chi connectivity index (χ1v) is 6.67. The summed E-state index contributed by atoms with van der Waals surface area (Å²) in [6.07, 6.45) is 0.219. The smallest absolute Gasteiger partial charge is 0.262 e. The number of aliphatic hydroxyl groups excluding tert-OH is 1. The van der Waals surface area contributed by atoms with Gasteiger partial charge in [0.05, 0.1) is 11.7 Å². The Bertz CT molecular complexity index is 458. The lowest BCUT2D eigenvalue weighted by Crippen LogP contribution is -2.35. The monoisotopic (exact) mass is 266 g/mol. The van der Waals surface area contributed by atoms with Crippen LogP contribution < -0.4 is 5.32 Å². The fourth-order valence-electron chi connectivity index (χ4n) is 1.84. The molecule has 0 radical (unpaired) electrons. The van der Waals surface area contributed by atoms with Crippen molar-refractivity contribution in [3.05, 3.63) is 21.9 Å². The SMILES string of the molecule is CC(O)CC(C)(C)CNC(=O)c1sccc1C#N. The van der Waals surface area contributed by atoms with Crippen molar-refractivity contribution in [3.8, 4) is 6.07 Å². The second-order valence-corrected chi connectivity index (χ2v) is 6.09. The van der Waals surface area contributed by atoms with Crippen LogP contribution in [-0.4, -0.2) is 23.7 Å². The molecule has 1 heterocycles. The number of aliphatic hydroxyl groups is 1. The van der Waals surface area contributed by atoms with Gasteiger partial charge in [-0.15, -0.1) is 11.3 Å². The van der Waals surface area contributed by atoms with E-state index in [1.807, 2.05) is 19.9 Å². The van der Waals surface area contributed by atoms with Gasteiger partial charge in [0, 0.05) is 6.54 Å². The number of nitrogens with one attached hydrogen (secondary N) is 1. The van der Waals surface area contributed by atoms with E-state index in [0.717, 1.165) is 0 Å². The summed E-state index contributed by atoms with van der Waals surface area (Å²) < 4.78 is 0. The molecule has 98 valence electrons. The molecule has 1 aromatic rings. The van der Waals surface area contributed by atoms with Gasteiger partial charge < -0.3 is 10.4 Å². The molecule has 0 fully saturated rings. The molecule has 0 bridgehead atoms. The van der Waals surface area contributed by atoms with Crippen LogP contribution in [0.25, 0.3) is 0 Å². The summed E-state index contributed by atoms with van der Waals surface area (Å²) >= 11 is 1.26. The largest absolute Gasteiger partial charge is 0.393 e. The van der Waals surface area contributed by atoms with Crippen LogP contribution in [0.1, 0.15) is 42.4 Å². The number of nitriles is 1. The number of amides is 1. The van der Waals surface area contributed by atoms with E-state index in [1.54, 1.807) is 18.4 Å². The lowest BCUT2D eigenvalue weighted by Gasteiger charge is -2.26. The van der Waals surface area contributed by atoms with E-state index in [9.17, 15) is 9.90 Å². The Hall–Kier alpha value is -1.38. The zero-order valence-electron chi connectivity index (χ0n) is 10.9. The minimum absolute atomic E-state index is 0.173. The molecule has 2 N–H and O–H groups in total. The van der Waals surface area contributed by atoms with Crippen molar-refractivity contribution in [2.45, 2.75) is 33.3 Å². The van der Waals surface area contributed by atoms with Crippen molar-refractivity contribution >= 4 is 17.2 Å². The van der Waals surface area contributed by atoms with Crippen LogP contribution in [0.3, 0.4) is 0 Å². The number of carbonyl (C=O) groups is 1. The molecule has 0 saturated carbocycles. The molecule has 0 aliphatic carbocycles. The average Bonchev–Trinajstić information content (AvgIpc) is 2.72. The third kappa shape index (κ3) is 4.13. The van der Waals surface area contributed by atoms with Gasteiger partial charge in [-0.1, -0.05) is 13.8 Å². The molecule has 0 aromatic carbocycles. The highest BCUT2D eigenvalue weighted by Gasteiger charge is 2.22. The molecular formula is C13H18N2O2S. The molecule has 0 spiro atoms.